The molecule has 1 aliphatic rings. The summed E-state index contributed by atoms with van der Waals surface area (Å²) in [5.41, 5.74) is 3.76. The zero-order chi connectivity index (χ0) is 16.6. The van der Waals surface area contributed by atoms with Crippen LogP contribution in [0.15, 0.2) is 46.2 Å². The third kappa shape index (κ3) is 3.24. The van der Waals surface area contributed by atoms with E-state index in [2.05, 4.69) is 6.07 Å². The Hall–Kier alpha value is -1.50. The van der Waals surface area contributed by atoms with Gasteiger partial charge >= 0.3 is 0 Å². The molecule has 6 heteroatoms. The van der Waals surface area contributed by atoms with Gasteiger partial charge in [0.15, 0.2) is 0 Å². The van der Waals surface area contributed by atoms with Crippen LogP contribution in [0.1, 0.15) is 24.5 Å². The highest BCUT2D eigenvalue weighted by molar-refractivity contribution is 7.99. The van der Waals surface area contributed by atoms with Crippen LogP contribution in [0.3, 0.4) is 0 Å². The number of aryl methyl sites for hydroxylation is 2. The topological polar surface area (TPSA) is 46.6 Å². The van der Waals surface area contributed by atoms with Gasteiger partial charge in [0.25, 0.3) is 10.1 Å². The second-order valence-corrected chi connectivity index (χ2v) is 8.35. The van der Waals surface area contributed by atoms with Gasteiger partial charge in [-0.1, -0.05) is 36.9 Å². The molecule has 0 atom stereocenters. The van der Waals surface area contributed by atoms with Crippen molar-refractivity contribution in [2.24, 2.45) is 0 Å². The summed E-state index contributed by atoms with van der Waals surface area (Å²) in [6.45, 7) is 5.86. The summed E-state index contributed by atoms with van der Waals surface area (Å²) in [5, 5.41) is 1.46. The van der Waals surface area contributed by atoms with Crippen LogP contribution in [0.25, 0.3) is 0 Å². The van der Waals surface area contributed by atoms with Gasteiger partial charge in [0.1, 0.15) is 0 Å². The van der Waals surface area contributed by atoms with Crippen molar-refractivity contribution in [1.82, 2.24) is 0 Å². The van der Waals surface area contributed by atoms with Crippen molar-refractivity contribution in [3.8, 4) is 0 Å². The van der Waals surface area contributed by atoms with Gasteiger partial charge in [0.2, 0.25) is 0 Å². The van der Waals surface area contributed by atoms with Gasteiger partial charge in [-0.2, -0.15) is 8.42 Å². The molecule has 0 amide bonds. The Bertz CT molecular complexity index is 847. The smallest absolute Gasteiger partial charge is 0.202 e. The monoisotopic (exact) mass is 349 g/mol. The van der Waals surface area contributed by atoms with Crippen LogP contribution >= 0.6 is 11.8 Å². The average molecular weight is 349 g/mol. The van der Waals surface area contributed by atoms with Crippen molar-refractivity contribution in [2.45, 2.75) is 37.0 Å². The van der Waals surface area contributed by atoms with E-state index in [1.54, 1.807) is 11.8 Å². The molecule has 122 valence electrons. The quantitative estimate of drug-likeness (QED) is 0.809. The number of hydrogen-bond acceptors (Lipinski definition) is 5. The first-order chi connectivity index (χ1) is 10.9. The van der Waals surface area contributed by atoms with E-state index in [0.29, 0.717) is 6.42 Å². The van der Waals surface area contributed by atoms with E-state index in [1.807, 2.05) is 51.1 Å². The predicted molar refractivity (Wildman–Crippen MR) is 93.8 cm³/mol. The van der Waals surface area contributed by atoms with Crippen LogP contribution in [-0.4, -0.2) is 14.2 Å². The molecular weight excluding hydrogens is 330 g/mol. The maximum Gasteiger partial charge on any atom is 0.288 e. The van der Waals surface area contributed by atoms with E-state index < -0.39 is 10.1 Å². The molecule has 2 aromatic carbocycles. The summed E-state index contributed by atoms with van der Waals surface area (Å²) >= 11 is 1.65. The van der Waals surface area contributed by atoms with Gasteiger partial charge in [-0.25, -0.2) is 5.06 Å². The van der Waals surface area contributed by atoms with Crippen molar-refractivity contribution in [3.63, 3.8) is 0 Å². The highest BCUT2D eigenvalue weighted by Crippen LogP contribution is 2.50. The molecule has 0 aromatic heterocycles. The highest BCUT2D eigenvalue weighted by Gasteiger charge is 2.29. The Morgan fingerprint density at radius 3 is 2.65 bits per heavy atom. The van der Waals surface area contributed by atoms with Crippen molar-refractivity contribution >= 4 is 33.3 Å². The Kier molecular flexibility index (Phi) is 4.40. The molecule has 0 bridgehead atoms. The van der Waals surface area contributed by atoms with Crippen LogP contribution in [0.2, 0.25) is 0 Å². The first-order valence-corrected chi connectivity index (χ1v) is 9.91. The molecule has 1 aliphatic heterocycles. The summed E-state index contributed by atoms with van der Waals surface area (Å²) in [6, 6.07) is 11.7. The molecule has 0 N–H and O–H groups in total. The number of anilines is 2. The molecule has 0 radical (unpaired) electrons. The van der Waals surface area contributed by atoms with Gasteiger partial charge < -0.3 is 0 Å². The van der Waals surface area contributed by atoms with Crippen LogP contribution < -0.4 is 5.06 Å². The number of rotatable bonds is 4. The lowest BCUT2D eigenvalue weighted by molar-refractivity contribution is 0.319. The summed E-state index contributed by atoms with van der Waals surface area (Å²) in [4.78, 5) is 2.02. The Morgan fingerprint density at radius 2 is 1.91 bits per heavy atom. The Morgan fingerprint density at radius 1 is 1.13 bits per heavy atom. The molecule has 4 nitrogen and oxygen atoms in total. The van der Waals surface area contributed by atoms with Gasteiger partial charge in [-0.3, -0.25) is 0 Å². The number of benzene rings is 2. The SMILES string of the molecule is CCCS(=O)(=O)ON1c2ccc(C)cc2Sc2c(C)cccc21. The fourth-order valence-electron chi connectivity index (χ4n) is 2.52. The highest BCUT2D eigenvalue weighted by atomic mass is 32.2. The van der Waals surface area contributed by atoms with Crippen LogP contribution in [-0.2, 0) is 14.4 Å². The van der Waals surface area contributed by atoms with Gasteiger partial charge in [-0.05, 0) is 49.6 Å². The van der Waals surface area contributed by atoms with E-state index in [0.717, 1.165) is 32.3 Å². The van der Waals surface area contributed by atoms with E-state index in [4.69, 9.17) is 4.28 Å². The lowest BCUT2D eigenvalue weighted by Gasteiger charge is -2.31. The van der Waals surface area contributed by atoms with Crippen LogP contribution in [0, 0.1) is 13.8 Å². The lowest BCUT2D eigenvalue weighted by Crippen LogP contribution is -2.26. The summed E-state index contributed by atoms with van der Waals surface area (Å²) < 4.78 is 29.9. The number of hydrogen-bond donors (Lipinski definition) is 0. The lowest BCUT2D eigenvalue weighted by atomic mass is 10.2. The standard InChI is InChI=1S/C17H19NO3S2/c1-4-10-23(19,20)21-18-14-9-8-12(2)11-16(14)22-17-13(3)6-5-7-15(17)18/h5-9,11H,4,10H2,1-3H3. The van der Waals surface area contributed by atoms with E-state index in [-0.39, 0.29) is 5.75 Å². The number of fused-ring (bicyclic) bond motifs is 2. The fraction of sp³-hybridized carbons (Fsp3) is 0.294. The van der Waals surface area contributed by atoms with Crippen LogP contribution in [0.5, 0.6) is 0 Å². The van der Waals surface area contributed by atoms with Crippen molar-refractivity contribution in [1.29, 1.82) is 0 Å². The maximum absolute atomic E-state index is 12.2. The third-order valence-corrected chi connectivity index (χ3v) is 6.16. The molecular formula is C17H19NO3S2. The van der Waals surface area contributed by atoms with Gasteiger partial charge in [-0.15, -0.1) is 4.28 Å². The zero-order valence-electron chi connectivity index (χ0n) is 13.4. The maximum atomic E-state index is 12.2. The largest absolute Gasteiger partial charge is 0.288 e. The molecule has 0 unspecified atom stereocenters. The minimum Gasteiger partial charge on any atom is -0.202 e. The minimum atomic E-state index is -3.62. The molecule has 0 spiro atoms. The summed E-state index contributed by atoms with van der Waals surface area (Å²) in [5.74, 6) is -0.00101. The second kappa shape index (κ2) is 6.19. The van der Waals surface area contributed by atoms with Crippen LogP contribution in [0.4, 0.5) is 11.4 Å². The predicted octanol–water partition coefficient (Wildman–Crippen LogP) is 4.58. The molecule has 1 heterocycles. The van der Waals surface area contributed by atoms with Crippen molar-refractivity contribution in [3.05, 3.63) is 47.5 Å². The van der Waals surface area contributed by atoms with E-state index in [9.17, 15) is 8.42 Å². The molecule has 3 rings (SSSR count). The normalized spacial score (nSPS) is 13.6. The Balaban J connectivity index is 2.13. The second-order valence-electron chi connectivity index (χ2n) is 5.63. The fourth-order valence-corrected chi connectivity index (χ4v) is 4.69. The summed E-state index contributed by atoms with van der Waals surface area (Å²) in [6.07, 6.45) is 0.520. The first-order valence-electron chi connectivity index (χ1n) is 7.52. The van der Waals surface area contributed by atoms with Gasteiger partial charge in [0, 0.05) is 9.79 Å². The molecule has 23 heavy (non-hydrogen) atoms. The first kappa shape index (κ1) is 16.4. The molecule has 2 aromatic rings. The molecule has 0 aliphatic carbocycles. The van der Waals surface area contributed by atoms with E-state index >= 15 is 0 Å². The molecule has 0 saturated heterocycles. The zero-order valence-corrected chi connectivity index (χ0v) is 15.0. The minimum absolute atomic E-state index is 0.00101. The molecule has 0 saturated carbocycles. The van der Waals surface area contributed by atoms with E-state index in [1.165, 1.54) is 5.06 Å². The molecule has 0 fully saturated rings. The van der Waals surface area contributed by atoms with Crippen molar-refractivity contribution < 1.29 is 12.7 Å². The van der Waals surface area contributed by atoms with Gasteiger partial charge in [0.05, 0.1) is 17.1 Å². The Labute approximate surface area is 141 Å². The third-order valence-electron chi connectivity index (χ3n) is 3.60. The number of nitrogens with zero attached hydrogens (tertiary/aromatic N) is 1. The summed E-state index contributed by atoms with van der Waals surface area (Å²) in [7, 11) is -3.62. The average Bonchev–Trinajstić information content (AvgIpc) is 2.47. The van der Waals surface area contributed by atoms with Crippen molar-refractivity contribution in [2.75, 3.05) is 10.8 Å².